The summed E-state index contributed by atoms with van der Waals surface area (Å²) in [7, 11) is -1.21. The van der Waals surface area contributed by atoms with Gasteiger partial charge in [0.2, 0.25) is 5.95 Å². The Morgan fingerprint density at radius 3 is 2.75 bits per heavy atom. The molecule has 0 aliphatic heterocycles. The number of fused-ring (bicyclic) bond motifs is 1. The highest BCUT2D eigenvalue weighted by Crippen LogP contribution is 2.38. The number of halogens is 1. The van der Waals surface area contributed by atoms with Gasteiger partial charge in [0.05, 0.1) is 26.1 Å². The van der Waals surface area contributed by atoms with Gasteiger partial charge in [0.15, 0.2) is 19.5 Å². The standard InChI is InChI=1S/C13H21FN5O4P/c1-3-22-24(23-4-2)8-21-9(5-14)6-19-7-16-10-11(19)17-13(15)18-12(10)20/h7,9H,3-6,8H2,1-2H3,(H3,15,17,18,20). The number of aromatic amines is 1. The summed E-state index contributed by atoms with van der Waals surface area (Å²) in [5, 5.41) is 0. The minimum absolute atomic E-state index is 0.0248. The number of ether oxygens (including phenoxy) is 1. The van der Waals surface area contributed by atoms with Crippen LogP contribution in [0.1, 0.15) is 13.8 Å². The number of hydrogen-bond acceptors (Lipinski definition) is 7. The van der Waals surface area contributed by atoms with E-state index in [-0.39, 0.29) is 30.0 Å². The topological polar surface area (TPSA) is 117 Å². The average Bonchev–Trinajstić information content (AvgIpc) is 2.94. The molecule has 1 atom stereocenters. The quantitative estimate of drug-likeness (QED) is 0.614. The number of nitrogens with zero attached hydrogens (tertiary/aromatic N) is 3. The molecule has 0 aliphatic carbocycles. The van der Waals surface area contributed by atoms with Crippen molar-refractivity contribution in [3.63, 3.8) is 0 Å². The Hall–Kier alpha value is -1.61. The van der Waals surface area contributed by atoms with Crippen LogP contribution in [0.3, 0.4) is 0 Å². The molecule has 0 radical (unpaired) electrons. The van der Waals surface area contributed by atoms with Gasteiger partial charge in [0, 0.05) is 0 Å². The molecule has 0 aromatic carbocycles. The minimum Gasteiger partial charge on any atom is -0.369 e. The van der Waals surface area contributed by atoms with E-state index in [9.17, 15) is 9.18 Å². The predicted octanol–water partition coefficient (Wildman–Crippen LogP) is 1.40. The van der Waals surface area contributed by atoms with Gasteiger partial charge in [-0.3, -0.25) is 9.78 Å². The molecule has 3 N–H and O–H groups in total. The van der Waals surface area contributed by atoms with E-state index < -0.39 is 26.7 Å². The van der Waals surface area contributed by atoms with Crippen LogP contribution < -0.4 is 11.3 Å². The molecule has 0 fully saturated rings. The van der Waals surface area contributed by atoms with E-state index in [1.165, 1.54) is 10.9 Å². The van der Waals surface area contributed by atoms with Gasteiger partial charge in [-0.25, -0.2) is 9.37 Å². The lowest BCUT2D eigenvalue weighted by Crippen LogP contribution is -2.23. The molecule has 0 aliphatic rings. The molecular weight excluding hydrogens is 340 g/mol. The molecule has 0 saturated carbocycles. The fourth-order valence-electron chi connectivity index (χ4n) is 2.04. The second-order valence-electron chi connectivity index (χ2n) is 4.76. The first-order valence-corrected chi connectivity index (χ1v) is 8.86. The van der Waals surface area contributed by atoms with Crippen LogP contribution >= 0.6 is 8.38 Å². The largest absolute Gasteiger partial charge is 0.369 e. The first-order valence-electron chi connectivity index (χ1n) is 7.50. The highest BCUT2D eigenvalue weighted by Gasteiger charge is 2.18. The normalized spacial score (nSPS) is 13.0. The molecule has 9 nitrogen and oxygen atoms in total. The molecule has 0 amide bonds. The number of anilines is 1. The molecule has 2 aromatic heterocycles. The zero-order valence-electron chi connectivity index (χ0n) is 13.6. The van der Waals surface area contributed by atoms with E-state index in [1.807, 2.05) is 13.8 Å². The lowest BCUT2D eigenvalue weighted by atomic mass is 10.4. The number of imidazole rings is 1. The van der Waals surface area contributed by atoms with Crippen LogP contribution in [0.5, 0.6) is 0 Å². The van der Waals surface area contributed by atoms with Crippen molar-refractivity contribution in [1.82, 2.24) is 19.5 Å². The Morgan fingerprint density at radius 2 is 2.12 bits per heavy atom. The molecule has 2 rings (SSSR count). The third kappa shape index (κ3) is 4.70. The van der Waals surface area contributed by atoms with E-state index in [0.717, 1.165) is 0 Å². The number of nitrogens with two attached hydrogens (primary N) is 1. The summed E-state index contributed by atoms with van der Waals surface area (Å²) in [6.45, 7) is 4.13. The second kappa shape index (κ2) is 9.03. The van der Waals surface area contributed by atoms with Crippen molar-refractivity contribution in [2.45, 2.75) is 26.5 Å². The number of aromatic nitrogens is 4. The van der Waals surface area contributed by atoms with Crippen LogP contribution in [-0.2, 0) is 20.3 Å². The second-order valence-corrected chi connectivity index (χ2v) is 6.20. The van der Waals surface area contributed by atoms with Crippen molar-refractivity contribution in [1.29, 1.82) is 0 Å². The van der Waals surface area contributed by atoms with Gasteiger partial charge in [-0.1, -0.05) is 0 Å². The summed E-state index contributed by atoms with van der Waals surface area (Å²) in [6.07, 6.45) is 0.830. The van der Waals surface area contributed by atoms with E-state index >= 15 is 0 Å². The third-order valence-electron chi connectivity index (χ3n) is 3.03. The van der Waals surface area contributed by atoms with Gasteiger partial charge >= 0.3 is 0 Å². The first kappa shape index (κ1) is 18.7. The Kier molecular flexibility index (Phi) is 7.04. The van der Waals surface area contributed by atoms with Crippen molar-refractivity contribution in [2.24, 2.45) is 0 Å². The van der Waals surface area contributed by atoms with Crippen molar-refractivity contribution in [3.05, 3.63) is 16.7 Å². The molecule has 0 bridgehead atoms. The zero-order valence-corrected chi connectivity index (χ0v) is 14.5. The first-order chi connectivity index (χ1) is 11.6. The number of alkyl halides is 1. The fourth-order valence-corrected chi connectivity index (χ4v) is 3.17. The Morgan fingerprint density at radius 1 is 1.42 bits per heavy atom. The number of rotatable bonds is 10. The van der Waals surface area contributed by atoms with Gasteiger partial charge < -0.3 is 24.1 Å². The Balaban J connectivity index is 2.06. The maximum atomic E-state index is 13.3. The molecule has 134 valence electrons. The van der Waals surface area contributed by atoms with Crippen LogP contribution in [0.25, 0.3) is 11.2 Å². The summed E-state index contributed by atoms with van der Waals surface area (Å²) < 4.78 is 31.2. The summed E-state index contributed by atoms with van der Waals surface area (Å²) in [5.41, 5.74) is 5.53. The van der Waals surface area contributed by atoms with Crippen LogP contribution in [0, 0.1) is 0 Å². The van der Waals surface area contributed by atoms with Gasteiger partial charge in [-0.05, 0) is 13.8 Å². The Labute approximate surface area is 139 Å². The summed E-state index contributed by atoms with van der Waals surface area (Å²) in [6, 6.07) is 0. The monoisotopic (exact) mass is 361 g/mol. The van der Waals surface area contributed by atoms with Crippen molar-refractivity contribution < 1.29 is 18.2 Å². The summed E-state index contributed by atoms with van der Waals surface area (Å²) in [5.74, 6) is -0.0248. The molecule has 0 spiro atoms. The molecule has 2 aromatic rings. The van der Waals surface area contributed by atoms with E-state index in [2.05, 4.69) is 15.0 Å². The van der Waals surface area contributed by atoms with Crippen molar-refractivity contribution in [2.75, 3.05) is 32.0 Å². The van der Waals surface area contributed by atoms with Crippen molar-refractivity contribution in [3.8, 4) is 0 Å². The smallest absolute Gasteiger partial charge is 0.280 e. The van der Waals surface area contributed by atoms with Crippen molar-refractivity contribution >= 4 is 25.5 Å². The highest BCUT2D eigenvalue weighted by molar-refractivity contribution is 7.47. The zero-order chi connectivity index (χ0) is 17.5. The minimum atomic E-state index is -1.21. The Bertz CT molecular complexity index is 703. The predicted molar refractivity (Wildman–Crippen MR) is 88.4 cm³/mol. The third-order valence-corrected chi connectivity index (χ3v) is 4.48. The molecule has 11 heteroatoms. The van der Waals surface area contributed by atoms with E-state index in [0.29, 0.717) is 13.2 Å². The lowest BCUT2D eigenvalue weighted by molar-refractivity contribution is 0.0448. The number of nitrogen functional groups attached to an aromatic ring is 1. The molecule has 0 saturated heterocycles. The maximum absolute atomic E-state index is 13.3. The summed E-state index contributed by atoms with van der Waals surface area (Å²) >= 11 is 0. The van der Waals surface area contributed by atoms with E-state index in [1.54, 1.807) is 0 Å². The van der Waals surface area contributed by atoms with Gasteiger partial charge in [0.1, 0.15) is 19.1 Å². The van der Waals surface area contributed by atoms with Gasteiger partial charge in [-0.2, -0.15) is 4.98 Å². The lowest BCUT2D eigenvalue weighted by Gasteiger charge is -2.20. The van der Waals surface area contributed by atoms with Crippen LogP contribution in [0.4, 0.5) is 10.3 Å². The molecule has 24 heavy (non-hydrogen) atoms. The molecular formula is C13H21FN5O4P. The van der Waals surface area contributed by atoms with Crippen LogP contribution in [-0.4, -0.2) is 51.9 Å². The highest BCUT2D eigenvalue weighted by atomic mass is 31.2. The summed E-state index contributed by atoms with van der Waals surface area (Å²) in [4.78, 5) is 22.1. The molecule has 1 unspecified atom stereocenters. The fraction of sp³-hybridized carbons (Fsp3) is 0.615. The van der Waals surface area contributed by atoms with Crippen LogP contribution in [0.15, 0.2) is 11.1 Å². The van der Waals surface area contributed by atoms with E-state index in [4.69, 9.17) is 19.5 Å². The average molecular weight is 361 g/mol. The molecule has 2 heterocycles. The van der Waals surface area contributed by atoms with Gasteiger partial charge in [-0.15, -0.1) is 0 Å². The van der Waals surface area contributed by atoms with Crippen LogP contribution in [0.2, 0.25) is 0 Å². The number of hydrogen-bond donors (Lipinski definition) is 2. The number of nitrogens with one attached hydrogen (secondary N) is 1. The maximum Gasteiger partial charge on any atom is 0.280 e. The number of H-pyrrole nitrogens is 1. The SMILES string of the molecule is CCOP(COC(CF)Cn1cnc2c(=O)[nH]c(N)nc21)OCC. The van der Waals surface area contributed by atoms with Gasteiger partial charge in [0.25, 0.3) is 5.56 Å².